The molecule has 0 saturated heterocycles. The lowest BCUT2D eigenvalue weighted by Crippen LogP contribution is -1.88. The molecule has 0 saturated carbocycles. The maximum atomic E-state index is 2.30. The second kappa shape index (κ2) is 8.74. The molecule has 0 nitrogen and oxygen atoms in total. The Morgan fingerprint density at radius 1 is 0.500 bits per heavy atom. The minimum atomic E-state index is 1.25. The second-order valence-corrected chi connectivity index (χ2v) is 9.29. The molecule has 0 bridgehead atoms. The van der Waals surface area contributed by atoms with Crippen LogP contribution in [0.25, 0.3) is 33.4 Å². The van der Waals surface area contributed by atoms with Crippen LogP contribution >= 0.6 is 23.1 Å². The predicted molar refractivity (Wildman–Crippen MR) is 131 cm³/mol. The van der Waals surface area contributed by atoms with Crippen molar-refractivity contribution in [3.8, 4) is 33.4 Å². The fraction of sp³-hybridized carbons (Fsp3) is 0. The highest BCUT2D eigenvalue weighted by Crippen LogP contribution is 2.44. The molecule has 0 spiro atoms. The van der Waals surface area contributed by atoms with E-state index in [1.807, 2.05) is 23.1 Å². The minimum absolute atomic E-state index is 1.25. The smallest absolute Gasteiger partial charge is 0.0652 e. The van der Waals surface area contributed by atoms with Crippen LogP contribution in [-0.4, -0.2) is 0 Å². The van der Waals surface area contributed by atoms with Crippen molar-refractivity contribution in [2.45, 2.75) is 9.10 Å². The van der Waals surface area contributed by atoms with E-state index in [2.05, 4.69) is 121 Å². The SMILES string of the molecule is c1ccc(-c2csc(Sc3cccc(-c4ccccc4)c3-c3ccccc3)c2)cc1. The van der Waals surface area contributed by atoms with E-state index < -0.39 is 0 Å². The van der Waals surface area contributed by atoms with Gasteiger partial charge < -0.3 is 0 Å². The van der Waals surface area contributed by atoms with Crippen LogP contribution < -0.4 is 0 Å². The first kappa shape index (κ1) is 18.9. The number of rotatable bonds is 5. The molecule has 0 N–H and O–H groups in total. The zero-order valence-electron chi connectivity index (χ0n) is 16.4. The summed E-state index contributed by atoms with van der Waals surface area (Å²) in [7, 11) is 0. The zero-order valence-corrected chi connectivity index (χ0v) is 18.0. The molecule has 5 rings (SSSR count). The van der Waals surface area contributed by atoms with Gasteiger partial charge in [-0.25, -0.2) is 0 Å². The predicted octanol–water partition coefficient (Wildman–Crippen LogP) is 8.90. The average Bonchev–Trinajstić information content (AvgIpc) is 3.29. The highest BCUT2D eigenvalue weighted by atomic mass is 32.2. The van der Waals surface area contributed by atoms with Gasteiger partial charge >= 0.3 is 0 Å². The normalized spacial score (nSPS) is 10.8. The van der Waals surface area contributed by atoms with Crippen LogP contribution in [0.4, 0.5) is 0 Å². The molecule has 5 aromatic rings. The molecule has 30 heavy (non-hydrogen) atoms. The van der Waals surface area contributed by atoms with E-state index in [0.29, 0.717) is 0 Å². The van der Waals surface area contributed by atoms with E-state index in [1.165, 1.54) is 42.5 Å². The molecule has 0 atom stereocenters. The zero-order chi connectivity index (χ0) is 20.2. The molecule has 144 valence electrons. The van der Waals surface area contributed by atoms with E-state index in [0.717, 1.165) is 0 Å². The van der Waals surface area contributed by atoms with Crippen molar-refractivity contribution >= 4 is 23.1 Å². The first-order valence-electron chi connectivity index (χ1n) is 9.94. The van der Waals surface area contributed by atoms with Gasteiger partial charge in [0.25, 0.3) is 0 Å². The molecule has 0 fully saturated rings. The van der Waals surface area contributed by atoms with Gasteiger partial charge in [0.15, 0.2) is 0 Å². The van der Waals surface area contributed by atoms with E-state index in [9.17, 15) is 0 Å². The Labute approximate surface area is 185 Å². The van der Waals surface area contributed by atoms with Gasteiger partial charge in [-0.1, -0.05) is 115 Å². The molecular formula is C28H20S2. The maximum Gasteiger partial charge on any atom is 0.0652 e. The lowest BCUT2D eigenvalue weighted by molar-refractivity contribution is 1.43. The third-order valence-electron chi connectivity index (χ3n) is 5.07. The van der Waals surface area contributed by atoms with Gasteiger partial charge in [0.1, 0.15) is 0 Å². The highest BCUT2D eigenvalue weighted by Gasteiger charge is 2.14. The number of hydrogen-bond donors (Lipinski definition) is 0. The van der Waals surface area contributed by atoms with Crippen molar-refractivity contribution in [2.75, 3.05) is 0 Å². The quantitative estimate of drug-likeness (QED) is 0.273. The van der Waals surface area contributed by atoms with E-state index >= 15 is 0 Å². The number of thiophene rings is 1. The highest BCUT2D eigenvalue weighted by molar-refractivity contribution is 8.01. The Morgan fingerprint density at radius 3 is 1.77 bits per heavy atom. The summed E-state index contributed by atoms with van der Waals surface area (Å²) in [6.45, 7) is 0. The van der Waals surface area contributed by atoms with Crippen molar-refractivity contribution in [2.24, 2.45) is 0 Å². The molecule has 0 unspecified atom stereocenters. The molecule has 0 aliphatic heterocycles. The first-order valence-corrected chi connectivity index (χ1v) is 11.6. The Balaban J connectivity index is 1.58. The van der Waals surface area contributed by atoms with Crippen molar-refractivity contribution < 1.29 is 0 Å². The summed E-state index contributed by atoms with van der Waals surface area (Å²) in [6, 6.07) is 40.9. The summed E-state index contributed by atoms with van der Waals surface area (Å²) in [4.78, 5) is 1.28. The van der Waals surface area contributed by atoms with Crippen molar-refractivity contribution in [3.63, 3.8) is 0 Å². The molecule has 1 aromatic heterocycles. The fourth-order valence-corrected chi connectivity index (χ4v) is 5.76. The van der Waals surface area contributed by atoms with Crippen LogP contribution in [0.15, 0.2) is 130 Å². The van der Waals surface area contributed by atoms with Crippen LogP contribution in [0.5, 0.6) is 0 Å². The van der Waals surface area contributed by atoms with Gasteiger partial charge in [0.05, 0.1) is 4.21 Å². The van der Waals surface area contributed by atoms with Crippen molar-refractivity contribution in [1.29, 1.82) is 0 Å². The summed E-state index contributed by atoms with van der Waals surface area (Å²) in [6.07, 6.45) is 0. The lowest BCUT2D eigenvalue weighted by Gasteiger charge is -2.15. The van der Waals surface area contributed by atoms with E-state index in [-0.39, 0.29) is 0 Å². The van der Waals surface area contributed by atoms with Crippen LogP contribution in [0, 0.1) is 0 Å². The lowest BCUT2D eigenvalue weighted by atomic mass is 9.94. The Bertz CT molecular complexity index is 1240. The van der Waals surface area contributed by atoms with Gasteiger partial charge in [-0.2, -0.15) is 0 Å². The molecule has 0 aliphatic rings. The van der Waals surface area contributed by atoms with Gasteiger partial charge in [0, 0.05) is 10.5 Å². The molecule has 0 aliphatic carbocycles. The largest absolute Gasteiger partial charge is 0.136 e. The molecule has 4 aromatic carbocycles. The average molecular weight is 421 g/mol. The van der Waals surface area contributed by atoms with Gasteiger partial charge in [0.2, 0.25) is 0 Å². The summed E-state index contributed by atoms with van der Waals surface area (Å²) in [5, 5.41) is 2.25. The molecule has 0 amide bonds. The number of hydrogen-bond acceptors (Lipinski definition) is 2. The van der Waals surface area contributed by atoms with Crippen LogP contribution in [0.2, 0.25) is 0 Å². The molecule has 0 radical (unpaired) electrons. The first-order chi connectivity index (χ1) is 14.9. The van der Waals surface area contributed by atoms with Crippen LogP contribution in [0.1, 0.15) is 0 Å². The Hall–Kier alpha value is -3.07. The summed E-state index contributed by atoms with van der Waals surface area (Å²) >= 11 is 3.66. The minimum Gasteiger partial charge on any atom is -0.136 e. The third kappa shape index (κ3) is 3.97. The summed E-state index contributed by atoms with van der Waals surface area (Å²) in [5.41, 5.74) is 7.61. The Morgan fingerprint density at radius 2 is 1.10 bits per heavy atom. The maximum absolute atomic E-state index is 2.30. The molecule has 1 heterocycles. The van der Waals surface area contributed by atoms with E-state index in [4.69, 9.17) is 0 Å². The third-order valence-corrected chi connectivity index (χ3v) is 7.21. The summed E-state index contributed by atoms with van der Waals surface area (Å²) in [5.74, 6) is 0. The molecular weight excluding hydrogens is 400 g/mol. The summed E-state index contributed by atoms with van der Waals surface area (Å²) < 4.78 is 1.30. The number of benzene rings is 4. The fourth-order valence-electron chi connectivity index (χ4n) is 3.64. The molecule has 2 heteroatoms. The second-order valence-electron chi connectivity index (χ2n) is 7.03. The van der Waals surface area contributed by atoms with Crippen molar-refractivity contribution in [1.82, 2.24) is 0 Å². The van der Waals surface area contributed by atoms with Crippen molar-refractivity contribution in [3.05, 3.63) is 121 Å². The van der Waals surface area contributed by atoms with E-state index in [1.54, 1.807) is 0 Å². The van der Waals surface area contributed by atoms with Gasteiger partial charge in [-0.15, -0.1) is 11.3 Å². The van der Waals surface area contributed by atoms with Gasteiger partial charge in [-0.05, 0) is 45.3 Å². The topological polar surface area (TPSA) is 0 Å². The Kier molecular flexibility index (Phi) is 5.52. The van der Waals surface area contributed by atoms with Crippen LogP contribution in [0.3, 0.4) is 0 Å². The van der Waals surface area contributed by atoms with Gasteiger partial charge in [-0.3, -0.25) is 0 Å². The van der Waals surface area contributed by atoms with Crippen LogP contribution in [-0.2, 0) is 0 Å². The standard InChI is InChI=1S/C28H20S2/c1-4-11-21(12-5-1)24-19-27(29-20-24)30-26-18-10-17-25(22-13-6-2-7-14-22)28(26)23-15-8-3-9-16-23/h1-20H. The monoisotopic (exact) mass is 420 g/mol.